The van der Waals surface area contributed by atoms with E-state index in [4.69, 9.17) is 22.0 Å². The van der Waals surface area contributed by atoms with Crippen molar-refractivity contribution in [2.24, 2.45) is 0 Å². The number of nitrogens with zero attached hydrogens (tertiary/aromatic N) is 2. The monoisotopic (exact) mass is 254 g/mol. The predicted molar refractivity (Wildman–Crippen MR) is 58.7 cm³/mol. The van der Waals surface area contributed by atoms with Gasteiger partial charge in [0.25, 0.3) is 5.69 Å². The van der Waals surface area contributed by atoms with Gasteiger partial charge in [-0.05, 0) is 11.6 Å². The zero-order valence-electron chi connectivity index (χ0n) is 8.51. The molecule has 0 saturated carbocycles. The summed E-state index contributed by atoms with van der Waals surface area (Å²) in [5, 5.41) is 28.4. The minimum atomic E-state index is -1.24. The normalized spacial score (nSPS) is 9.65. The van der Waals surface area contributed by atoms with E-state index in [2.05, 4.69) is 0 Å². The predicted octanol–water partition coefficient (Wildman–Crippen LogP) is 1.83. The molecule has 0 radical (unpaired) electrons. The van der Waals surface area contributed by atoms with Crippen molar-refractivity contribution in [1.82, 2.24) is 0 Å². The molecule has 1 aromatic carbocycles. The van der Waals surface area contributed by atoms with Gasteiger partial charge in [0.05, 0.1) is 22.5 Å². The van der Waals surface area contributed by atoms with Crippen molar-refractivity contribution in [2.75, 3.05) is 0 Å². The molecule has 0 spiro atoms. The van der Waals surface area contributed by atoms with Gasteiger partial charge in [-0.2, -0.15) is 5.26 Å². The van der Waals surface area contributed by atoms with Crippen LogP contribution in [-0.2, 0) is 17.1 Å². The molecule has 17 heavy (non-hydrogen) atoms. The Balaban J connectivity index is 3.51. The van der Waals surface area contributed by atoms with Crippen LogP contribution in [0.15, 0.2) is 12.1 Å². The summed E-state index contributed by atoms with van der Waals surface area (Å²) in [5.41, 5.74) is -0.131. The van der Waals surface area contributed by atoms with E-state index in [1.165, 1.54) is 6.07 Å². The van der Waals surface area contributed by atoms with Gasteiger partial charge in [0.15, 0.2) is 0 Å². The number of halogens is 1. The first-order valence-corrected chi connectivity index (χ1v) is 5.01. The molecule has 0 unspecified atom stereocenters. The van der Waals surface area contributed by atoms with Crippen molar-refractivity contribution in [3.63, 3.8) is 0 Å². The third-order valence-corrected chi connectivity index (χ3v) is 2.44. The molecule has 1 aromatic rings. The Hall–Kier alpha value is -2.13. The molecule has 0 saturated heterocycles. The molecule has 1 N–H and O–H groups in total. The lowest BCUT2D eigenvalue weighted by Gasteiger charge is -2.06. The highest BCUT2D eigenvalue weighted by molar-refractivity contribution is 6.17. The van der Waals surface area contributed by atoms with Gasteiger partial charge >= 0.3 is 5.97 Å². The summed E-state index contributed by atoms with van der Waals surface area (Å²) in [5.74, 6) is -1.25. The van der Waals surface area contributed by atoms with E-state index in [0.717, 1.165) is 6.07 Å². The molecule has 1 rings (SSSR count). The van der Waals surface area contributed by atoms with Crippen molar-refractivity contribution < 1.29 is 14.8 Å². The van der Waals surface area contributed by atoms with Crippen molar-refractivity contribution in [1.29, 1.82) is 5.26 Å². The van der Waals surface area contributed by atoms with E-state index in [-0.39, 0.29) is 22.7 Å². The van der Waals surface area contributed by atoms with Gasteiger partial charge in [0, 0.05) is 11.9 Å². The highest BCUT2D eigenvalue weighted by Crippen LogP contribution is 2.26. The SMILES string of the molecule is N#Cc1c(CCl)ccc([N+](=O)[O-])c1CC(=O)O. The second kappa shape index (κ2) is 5.27. The van der Waals surface area contributed by atoms with Gasteiger partial charge in [0.2, 0.25) is 0 Å². The standard InChI is InChI=1S/C10H7ClN2O4/c11-4-6-1-2-9(13(16)17)7(3-10(14)15)8(6)5-12/h1-2H,3-4H2,(H,14,15). The Morgan fingerprint density at radius 1 is 1.59 bits per heavy atom. The molecule has 0 aliphatic carbocycles. The van der Waals surface area contributed by atoms with E-state index in [1.54, 1.807) is 6.07 Å². The molecule has 88 valence electrons. The maximum absolute atomic E-state index is 10.7. The number of benzene rings is 1. The molecule has 0 aromatic heterocycles. The van der Waals surface area contributed by atoms with Crippen LogP contribution >= 0.6 is 11.6 Å². The molecule has 6 nitrogen and oxygen atoms in total. The number of aliphatic carboxylic acids is 1. The smallest absolute Gasteiger partial charge is 0.308 e. The van der Waals surface area contributed by atoms with Crippen LogP contribution in [0.3, 0.4) is 0 Å². The number of carbonyl (C=O) groups is 1. The van der Waals surface area contributed by atoms with Crippen molar-refractivity contribution in [2.45, 2.75) is 12.3 Å². The van der Waals surface area contributed by atoms with Gasteiger partial charge < -0.3 is 5.11 Å². The summed E-state index contributed by atoms with van der Waals surface area (Å²) in [4.78, 5) is 20.7. The number of hydrogen-bond donors (Lipinski definition) is 1. The highest BCUT2D eigenvalue weighted by atomic mass is 35.5. The summed E-state index contributed by atoms with van der Waals surface area (Å²) in [6.07, 6.45) is -0.579. The summed E-state index contributed by atoms with van der Waals surface area (Å²) in [6, 6.07) is 4.28. The van der Waals surface area contributed by atoms with Crippen molar-refractivity contribution in [3.8, 4) is 6.07 Å². The number of rotatable bonds is 4. The molecule has 0 fully saturated rings. The molecule has 7 heteroatoms. The summed E-state index contributed by atoms with van der Waals surface area (Å²) >= 11 is 5.58. The minimum Gasteiger partial charge on any atom is -0.481 e. The fourth-order valence-electron chi connectivity index (χ4n) is 1.44. The van der Waals surface area contributed by atoms with E-state index >= 15 is 0 Å². The minimum absolute atomic E-state index is 0.00644. The average Bonchev–Trinajstić information content (AvgIpc) is 2.27. The first-order chi connectivity index (χ1) is 8.01. The van der Waals surface area contributed by atoms with Crippen molar-refractivity contribution >= 4 is 23.3 Å². The highest BCUT2D eigenvalue weighted by Gasteiger charge is 2.22. The van der Waals surface area contributed by atoms with E-state index in [9.17, 15) is 14.9 Å². The third kappa shape index (κ3) is 2.71. The number of carboxylic acids is 1. The molecule has 0 amide bonds. The zero-order chi connectivity index (χ0) is 13.0. The topological polar surface area (TPSA) is 104 Å². The lowest BCUT2D eigenvalue weighted by Crippen LogP contribution is -2.07. The van der Waals surface area contributed by atoms with E-state index in [1.807, 2.05) is 0 Å². The van der Waals surface area contributed by atoms with Crippen LogP contribution in [-0.4, -0.2) is 16.0 Å². The third-order valence-electron chi connectivity index (χ3n) is 2.15. The first kappa shape index (κ1) is 12.9. The van der Waals surface area contributed by atoms with Gasteiger partial charge in [-0.1, -0.05) is 0 Å². The maximum Gasteiger partial charge on any atom is 0.308 e. The van der Waals surface area contributed by atoms with Crippen LogP contribution in [0.25, 0.3) is 0 Å². The lowest BCUT2D eigenvalue weighted by molar-refractivity contribution is -0.385. The molecule has 0 aliphatic heterocycles. The first-order valence-electron chi connectivity index (χ1n) is 4.48. The molecule has 0 heterocycles. The number of nitro groups is 1. The molecular formula is C10H7ClN2O4. The summed E-state index contributed by atoms with van der Waals surface area (Å²) < 4.78 is 0. The molecule has 0 aliphatic rings. The van der Waals surface area contributed by atoms with Crippen LogP contribution < -0.4 is 0 Å². The van der Waals surface area contributed by atoms with Crippen LogP contribution in [0, 0.1) is 21.4 Å². The lowest BCUT2D eigenvalue weighted by atomic mass is 9.98. The molecule has 0 atom stereocenters. The number of nitro benzene ring substituents is 1. The van der Waals surface area contributed by atoms with Gasteiger partial charge in [-0.25, -0.2) is 0 Å². The fraction of sp³-hybridized carbons (Fsp3) is 0.200. The van der Waals surface area contributed by atoms with Crippen molar-refractivity contribution in [3.05, 3.63) is 38.9 Å². The summed E-state index contributed by atoms with van der Waals surface area (Å²) in [7, 11) is 0. The Bertz CT molecular complexity index is 522. The largest absolute Gasteiger partial charge is 0.481 e. The number of nitriles is 1. The zero-order valence-corrected chi connectivity index (χ0v) is 9.27. The van der Waals surface area contributed by atoms with Crippen LogP contribution in [0.1, 0.15) is 16.7 Å². The number of carboxylic acid groups (broad SMARTS) is 1. The Kier molecular flexibility index (Phi) is 4.01. The van der Waals surface area contributed by atoms with Gasteiger partial charge in [0.1, 0.15) is 6.07 Å². The Labute approximate surface area is 101 Å². The van der Waals surface area contributed by atoms with Crippen LogP contribution in [0.5, 0.6) is 0 Å². The Morgan fingerprint density at radius 3 is 2.65 bits per heavy atom. The Morgan fingerprint density at radius 2 is 2.24 bits per heavy atom. The summed E-state index contributed by atoms with van der Waals surface area (Å²) in [6.45, 7) is 0. The quantitative estimate of drug-likeness (QED) is 0.501. The van der Waals surface area contributed by atoms with Gasteiger partial charge in [-0.15, -0.1) is 11.6 Å². The van der Waals surface area contributed by atoms with Crippen LogP contribution in [0.2, 0.25) is 0 Å². The maximum atomic E-state index is 10.7. The average molecular weight is 255 g/mol. The fourth-order valence-corrected chi connectivity index (χ4v) is 1.66. The van der Waals surface area contributed by atoms with E-state index < -0.39 is 17.3 Å². The van der Waals surface area contributed by atoms with Crippen LogP contribution in [0.4, 0.5) is 5.69 Å². The second-order valence-electron chi connectivity index (χ2n) is 3.17. The molecular weight excluding hydrogens is 248 g/mol. The number of hydrogen-bond acceptors (Lipinski definition) is 4. The van der Waals surface area contributed by atoms with Gasteiger partial charge in [-0.3, -0.25) is 14.9 Å². The second-order valence-corrected chi connectivity index (χ2v) is 3.44. The van der Waals surface area contributed by atoms with E-state index in [0.29, 0.717) is 5.56 Å². The number of alkyl halides is 1. The molecule has 0 bridgehead atoms.